The van der Waals surface area contributed by atoms with E-state index in [0.29, 0.717) is 12.3 Å². The van der Waals surface area contributed by atoms with Gasteiger partial charge in [0.15, 0.2) is 21.3 Å². The molecule has 3 aromatic heterocycles. The average molecular weight is 1130 g/mol. The molecule has 402 valence electrons. The Morgan fingerprint density at radius 1 is 0.920 bits per heavy atom. The van der Waals surface area contributed by atoms with Gasteiger partial charge in [-0.2, -0.15) is 49.6 Å². The van der Waals surface area contributed by atoms with E-state index in [1.807, 2.05) is 0 Å². The molecular weight excluding hydrogens is 1090 g/mol. The van der Waals surface area contributed by atoms with Crippen molar-refractivity contribution in [2.45, 2.75) is 87.2 Å². The summed E-state index contributed by atoms with van der Waals surface area (Å²) in [7, 11) is -9.08. The molecule has 2 aliphatic carbocycles. The molecular formula is C44H37ClF10N8O10S2. The second-order valence-corrected chi connectivity index (χ2v) is 22.8. The molecule has 31 heteroatoms. The summed E-state index contributed by atoms with van der Waals surface area (Å²) >= 11 is 6.56. The molecule has 2 unspecified atom stereocenters. The quantitative estimate of drug-likeness (QED) is 0.0630. The van der Waals surface area contributed by atoms with Crippen molar-refractivity contribution in [3.05, 3.63) is 93.0 Å². The molecule has 1 saturated carbocycles. The van der Waals surface area contributed by atoms with Gasteiger partial charge in [0.25, 0.3) is 5.92 Å². The maximum Gasteiger partial charge on any atom is 0.435 e. The lowest BCUT2D eigenvalue weighted by molar-refractivity contribution is -0.145. The van der Waals surface area contributed by atoms with E-state index in [1.54, 1.807) is 5.32 Å². The summed E-state index contributed by atoms with van der Waals surface area (Å²) in [5, 5.41) is 28.5. The van der Waals surface area contributed by atoms with Gasteiger partial charge in [-0.25, -0.2) is 40.2 Å². The monoisotopic (exact) mass is 1130 g/mol. The molecule has 0 saturated heterocycles. The Kier molecular flexibility index (Phi) is 14.3. The first-order chi connectivity index (χ1) is 34.4. The highest BCUT2D eigenvalue weighted by atomic mass is 35.5. The summed E-state index contributed by atoms with van der Waals surface area (Å²) in [6, 6.07) is -0.149. The van der Waals surface area contributed by atoms with Crippen LogP contribution in [-0.4, -0.2) is 105 Å². The van der Waals surface area contributed by atoms with Gasteiger partial charge in [-0.3, -0.25) is 19.0 Å². The molecule has 3 heterocycles. The number of carbonyl (C=O) groups is 4. The highest BCUT2D eigenvalue weighted by Gasteiger charge is 2.68. The normalized spacial score (nSPS) is 17.1. The second-order valence-electron chi connectivity index (χ2n) is 18.0. The van der Waals surface area contributed by atoms with Crippen LogP contribution in [0.4, 0.5) is 54.5 Å². The second kappa shape index (κ2) is 19.3. The van der Waals surface area contributed by atoms with E-state index in [-0.39, 0.29) is 31.3 Å². The lowest BCUT2D eigenvalue weighted by Crippen LogP contribution is -2.50. The number of benzene rings is 2. The van der Waals surface area contributed by atoms with Crippen LogP contribution in [0.1, 0.15) is 72.6 Å². The third-order valence-electron chi connectivity index (χ3n) is 12.0. The maximum atomic E-state index is 15.6. The number of aromatic nitrogens is 5. The molecule has 0 spiro atoms. The number of aliphatic carboxylic acids is 2. The number of sulfone groups is 1. The molecule has 18 nitrogen and oxygen atoms in total. The molecule has 0 bridgehead atoms. The first-order valence-corrected chi connectivity index (χ1v) is 25.6. The van der Waals surface area contributed by atoms with E-state index in [2.05, 4.69) is 32.3 Å². The highest BCUT2D eigenvalue weighted by Crippen LogP contribution is 2.68. The van der Waals surface area contributed by atoms with Crippen LogP contribution >= 0.6 is 11.6 Å². The van der Waals surface area contributed by atoms with E-state index in [9.17, 15) is 81.4 Å². The molecule has 2 aromatic carbocycles. The summed E-state index contributed by atoms with van der Waals surface area (Å²) in [4.78, 5) is 55.6. The van der Waals surface area contributed by atoms with Gasteiger partial charge in [0, 0.05) is 34.9 Å². The fourth-order valence-corrected chi connectivity index (χ4v) is 9.66. The molecule has 0 radical (unpaired) electrons. The Morgan fingerprint density at radius 2 is 1.55 bits per heavy atom. The van der Waals surface area contributed by atoms with Crippen molar-refractivity contribution in [1.29, 1.82) is 0 Å². The van der Waals surface area contributed by atoms with Gasteiger partial charge in [-0.1, -0.05) is 23.6 Å². The van der Waals surface area contributed by atoms with Crippen LogP contribution in [0.25, 0.3) is 22.0 Å². The number of nitrogens with zero attached hydrogens (tertiary/aromatic N) is 6. The Hall–Kier alpha value is -7.00. The van der Waals surface area contributed by atoms with Gasteiger partial charge in [-0.05, 0) is 74.4 Å². The Balaban J connectivity index is 1.49. The maximum absolute atomic E-state index is 15.6. The van der Waals surface area contributed by atoms with Gasteiger partial charge >= 0.3 is 30.3 Å². The third-order valence-corrected chi connectivity index (χ3v) is 15.3. The Bertz CT molecular complexity index is 3500. The molecule has 3 amide bonds. The predicted molar refractivity (Wildman–Crippen MR) is 242 cm³/mol. The van der Waals surface area contributed by atoms with E-state index >= 15 is 8.78 Å². The van der Waals surface area contributed by atoms with Crippen molar-refractivity contribution >= 4 is 72.1 Å². The number of carboxylic acid groups (broad SMARTS) is 2. The van der Waals surface area contributed by atoms with Gasteiger partial charge in [0.2, 0.25) is 15.9 Å². The van der Waals surface area contributed by atoms with Gasteiger partial charge in [-0.15, -0.1) is 0 Å². The van der Waals surface area contributed by atoms with Crippen molar-refractivity contribution in [1.82, 2.24) is 35.2 Å². The molecule has 1 fully saturated rings. The first-order valence-electron chi connectivity index (χ1n) is 21.4. The fraction of sp³-hybridized carbons (Fsp3) is 0.386. The van der Waals surface area contributed by atoms with Crippen LogP contribution in [0, 0.1) is 29.4 Å². The van der Waals surface area contributed by atoms with E-state index < -0.39 is 184 Å². The smallest absolute Gasteiger partial charge is 0.435 e. The zero-order chi connectivity index (χ0) is 55.9. The number of amides is 3. The standard InChI is InChI=1S/C44H37ClF10N8O10S2/c1-41(2,74(3,70)71)10-9-22-5-6-23(24-7-8-27(45)33-35(24)62(18-42(48,49)50)60-38(33)63(75(4,72)73)40(69)58-29(39(67)68)16-31(65)66)34(56-22)28(13-19-11-20(46)14-21(47)12-19)57-30(64)17-61-37-32(36(59-61)44(53,54)55)25-15-26(25)43(37,51)52/h5-8,11-12,14,25-26,28-29H,13,15-18H2,1-4H3,(H,57,64)(H,58,69)(H,65,66)(H,67,68)/t25-,26+,28?,29?/m0/s1. The summed E-state index contributed by atoms with van der Waals surface area (Å²) in [5.74, 6) is -10.5. The van der Waals surface area contributed by atoms with Crippen LogP contribution in [0.5, 0.6) is 0 Å². The number of hydrogen-bond acceptors (Lipinski definition) is 11. The fourth-order valence-electron chi connectivity index (χ4n) is 8.39. The zero-order valence-electron chi connectivity index (χ0n) is 38.7. The molecule has 4 N–H and O–H groups in total. The summed E-state index contributed by atoms with van der Waals surface area (Å²) < 4.78 is 197. The van der Waals surface area contributed by atoms with E-state index in [0.717, 1.165) is 42.7 Å². The van der Waals surface area contributed by atoms with Crippen molar-refractivity contribution < 1.29 is 90.1 Å². The minimum absolute atomic E-state index is 0.103. The SMILES string of the molecule is CC(C)(C#Cc1ccc(-c2ccc(Cl)c3c(N(C(=O)NC(CC(=O)O)C(=O)O)S(C)(=O)=O)nn(CC(F)(F)F)c23)c(C(Cc2cc(F)cc(F)c2)NC(=O)Cn2nc(C(F)(F)F)c3c2C(F)(F)[C@@H]2C[C@H]32)n1)S(C)(=O)=O. The number of nitrogens with one attached hydrogen (secondary N) is 2. The molecule has 5 aromatic rings. The van der Waals surface area contributed by atoms with Crippen LogP contribution in [-0.2, 0) is 65.9 Å². The van der Waals surface area contributed by atoms with Crippen LogP contribution in [0.2, 0.25) is 5.02 Å². The lowest BCUT2D eigenvalue weighted by Gasteiger charge is -2.23. The summed E-state index contributed by atoms with van der Waals surface area (Å²) in [5.41, 5.74) is -6.67. The number of hydrogen-bond donors (Lipinski definition) is 4. The zero-order valence-corrected chi connectivity index (χ0v) is 41.1. The average Bonchev–Trinajstić information content (AvgIpc) is 3.76. The van der Waals surface area contributed by atoms with Crippen molar-refractivity contribution in [3.8, 4) is 23.0 Å². The van der Waals surface area contributed by atoms with Gasteiger partial charge in [0.05, 0.1) is 40.3 Å². The number of pyridine rings is 1. The van der Waals surface area contributed by atoms with Crippen molar-refractivity contribution in [3.63, 3.8) is 0 Å². The molecule has 75 heavy (non-hydrogen) atoms. The number of anilines is 1. The number of carbonyl (C=O) groups excluding carboxylic acids is 2. The Labute approximate surface area is 422 Å². The highest BCUT2D eigenvalue weighted by molar-refractivity contribution is 7.93. The Morgan fingerprint density at radius 3 is 2.11 bits per heavy atom. The van der Waals surface area contributed by atoms with E-state index in [4.69, 9.17) is 11.6 Å². The van der Waals surface area contributed by atoms with Crippen LogP contribution < -0.4 is 14.9 Å². The third kappa shape index (κ3) is 11.5. The number of alkyl halides is 8. The lowest BCUT2D eigenvalue weighted by atomic mass is 9.93. The minimum Gasteiger partial charge on any atom is -0.481 e. The number of urea groups is 1. The van der Waals surface area contributed by atoms with Crippen LogP contribution in [0.3, 0.4) is 0 Å². The van der Waals surface area contributed by atoms with E-state index in [1.165, 1.54) is 13.8 Å². The number of halogens is 11. The molecule has 7 rings (SSSR count). The number of rotatable bonds is 15. The molecule has 0 aliphatic heterocycles. The molecule has 4 atom stereocenters. The van der Waals surface area contributed by atoms with Gasteiger partial charge < -0.3 is 20.8 Å². The topological polar surface area (TPSA) is 253 Å². The van der Waals surface area contributed by atoms with Gasteiger partial charge in [0.1, 0.15) is 46.9 Å². The number of carboxylic acids is 2. The predicted octanol–water partition coefficient (Wildman–Crippen LogP) is 6.69. The summed E-state index contributed by atoms with van der Waals surface area (Å²) in [6.07, 6.45) is -11.8. The van der Waals surface area contributed by atoms with Crippen molar-refractivity contribution in [2.75, 3.05) is 16.8 Å². The number of sulfonamides is 1. The minimum atomic E-state index is -5.26. The first kappa shape index (κ1) is 55.7. The summed E-state index contributed by atoms with van der Waals surface area (Å²) in [6.45, 7) is -1.09. The van der Waals surface area contributed by atoms with Crippen molar-refractivity contribution in [2.24, 2.45) is 5.92 Å². The van der Waals surface area contributed by atoms with Crippen LogP contribution in [0.15, 0.2) is 42.5 Å². The molecule has 2 aliphatic rings. The largest absolute Gasteiger partial charge is 0.481 e. The number of fused-ring (bicyclic) bond motifs is 4.